The second-order valence-electron chi connectivity index (χ2n) is 4.44. The summed E-state index contributed by atoms with van der Waals surface area (Å²) in [4.78, 5) is 8.67. The van der Waals surface area contributed by atoms with Crippen LogP contribution in [-0.2, 0) is 6.54 Å². The fourth-order valence-electron chi connectivity index (χ4n) is 2.05. The van der Waals surface area contributed by atoms with Crippen LogP contribution in [-0.4, -0.2) is 26.0 Å². The Morgan fingerprint density at radius 2 is 2.00 bits per heavy atom. The van der Waals surface area contributed by atoms with Crippen molar-refractivity contribution in [1.82, 2.24) is 19.7 Å². The molecule has 0 saturated heterocycles. The van der Waals surface area contributed by atoms with E-state index < -0.39 is 0 Å². The highest BCUT2D eigenvalue weighted by Gasteiger charge is 2.15. The number of benzene rings is 1. The van der Waals surface area contributed by atoms with Gasteiger partial charge in [-0.25, -0.2) is 14.6 Å². The Hall–Kier alpha value is -1.30. The van der Waals surface area contributed by atoms with Gasteiger partial charge in [-0.2, -0.15) is 5.10 Å². The van der Waals surface area contributed by atoms with Crippen molar-refractivity contribution in [2.24, 2.45) is 0 Å². The highest BCUT2D eigenvalue weighted by Crippen LogP contribution is 2.26. The molecule has 0 spiro atoms. The fraction of sp³-hybridized carbons (Fsp3) is 0.214. The first kappa shape index (κ1) is 14.6. The Morgan fingerprint density at radius 3 is 2.71 bits per heavy atom. The summed E-state index contributed by atoms with van der Waals surface area (Å²) in [6.07, 6.45) is 3.59. The van der Waals surface area contributed by atoms with Gasteiger partial charge in [0.05, 0.1) is 23.5 Å². The monoisotopic (exact) mass is 338 g/mol. The van der Waals surface area contributed by atoms with Crippen molar-refractivity contribution in [3.63, 3.8) is 0 Å². The van der Waals surface area contributed by atoms with Crippen molar-refractivity contribution in [2.75, 3.05) is 6.26 Å². The summed E-state index contributed by atoms with van der Waals surface area (Å²) in [6.45, 7) is 0.524. The summed E-state index contributed by atoms with van der Waals surface area (Å²) in [6, 6.07) is 9.90. The van der Waals surface area contributed by atoms with E-state index in [1.807, 2.05) is 36.6 Å². The van der Waals surface area contributed by atoms with Crippen molar-refractivity contribution in [3.05, 3.63) is 47.2 Å². The van der Waals surface area contributed by atoms with Gasteiger partial charge in [-0.1, -0.05) is 53.7 Å². The lowest BCUT2D eigenvalue weighted by Crippen LogP contribution is -2.07. The summed E-state index contributed by atoms with van der Waals surface area (Å²) in [5.41, 5.74) is 1.76. The highest BCUT2D eigenvalue weighted by molar-refractivity contribution is 7.98. The first-order chi connectivity index (χ1) is 10.2. The van der Waals surface area contributed by atoms with Crippen molar-refractivity contribution in [1.29, 1.82) is 0 Å². The largest absolute Gasteiger partial charge is 0.245 e. The zero-order valence-electron chi connectivity index (χ0n) is 11.2. The van der Waals surface area contributed by atoms with Gasteiger partial charge in [0.15, 0.2) is 10.8 Å². The van der Waals surface area contributed by atoms with Crippen LogP contribution in [0.1, 0.15) is 10.9 Å². The first-order valence-electron chi connectivity index (χ1n) is 6.31. The van der Waals surface area contributed by atoms with E-state index in [9.17, 15) is 0 Å². The molecule has 0 N–H and O–H groups in total. The molecule has 0 aliphatic carbocycles. The first-order valence-corrected chi connectivity index (χ1v) is 8.35. The van der Waals surface area contributed by atoms with Gasteiger partial charge >= 0.3 is 0 Å². The van der Waals surface area contributed by atoms with E-state index in [1.54, 1.807) is 10.9 Å². The van der Waals surface area contributed by atoms with E-state index in [1.165, 1.54) is 11.8 Å². The van der Waals surface area contributed by atoms with Gasteiger partial charge < -0.3 is 0 Å². The van der Waals surface area contributed by atoms with Crippen LogP contribution in [0.15, 0.2) is 41.7 Å². The Balaban J connectivity index is 1.96. The van der Waals surface area contributed by atoms with Crippen molar-refractivity contribution in [3.8, 4) is 0 Å². The number of alkyl halides is 1. The van der Waals surface area contributed by atoms with Gasteiger partial charge in [0.2, 0.25) is 0 Å². The lowest BCUT2D eigenvalue weighted by atomic mass is 10.1. The SMILES string of the molecule is CSc1nc(Cl)c2cnn(C[C@@H](Cl)c3ccccc3)c2n1. The molecule has 0 unspecified atom stereocenters. The van der Waals surface area contributed by atoms with E-state index in [2.05, 4.69) is 15.1 Å². The maximum Gasteiger partial charge on any atom is 0.190 e. The lowest BCUT2D eigenvalue weighted by Gasteiger charge is -2.10. The second kappa shape index (κ2) is 6.22. The van der Waals surface area contributed by atoms with Gasteiger partial charge in [-0.15, -0.1) is 11.6 Å². The van der Waals surface area contributed by atoms with Gasteiger partial charge in [-0.3, -0.25) is 0 Å². The van der Waals surface area contributed by atoms with E-state index >= 15 is 0 Å². The number of thioether (sulfide) groups is 1. The summed E-state index contributed by atoms with van der Waals surface area (Å²) in [7, 11) is 0. The van der Waals surface area contributed by atoms with Crippen molar-refractivity contribution >= 4 is 46.0 Å². The minimum absolute atomic E-state index is 0.180. The molecule has 0 saturated carbocycles. The highest BCUT2D eigenvalue weighted by atomic mass is 35.5. The van der Waals surface area contributed by atoms with Crippen LogP contribution in [0.5, 0.6) is 0 Å². The molecule has 4 nitrogen and oxygen atoms in total. The number of rotatable bonds is 4. The number of hydrogen-bond donors (Lipinski definition) is 0. The minimum Gasteiger partial charge on any atom is -0.245 e. The molecule has 2 aromatic heterocycles. The molecule has 3 rings (SSSR count). The molecule has 0 fully saturated rings. The molecular formula is C14H12Cl2N4S. The molecule has 1 aromatic carbocycles. The average molecular weight is 339 g/mol. The predicted octanol–water partition coefficient (Wildman–Crippen LogP) is 4.18. The smallest absolute Gasteiger partial charge is 0.190 e. The van der Waals surface area contributed by atoms with E-state index in [4.69, 9.17) is 23.2 Å². The quantitative estimate of drug-likeness (QED) is 0.310. The number of nitrogens with zero attached hydrogens (tertiary/aromatic N) is 4. The summed E-state index contributed by atoms with van der Waals surface area (Å²) >= 11 is 14.1. The number of hydrogen-bond acceptors (Lipinski definition) is 4. The van der Waals surface area contributed by atoms with Crippen molar-refractivity contribution in [2.45, 2.75) is 17.1 Å². The number of fused-ring (bicyclic) bond motifs is 1. The molecule has 1 atom stereocenters. The predicted molar refractivity (Wildman–Crippen MR) is 87.2 cm³/mol. The molecule has 108 valence electrons. The van der Waals surface area contributed by atoms with Crippen LogP contribution in [0.25, 0.3) is 11.0 Å². The molecule has 2 heterocycles. The van der Waals surface area contributed by atoms with Gasteiger partial charge in [0.25, 0.3) is 0 Å². The molecule has 0 bridgehead atoms. The summed E-state index contributed by atoms with van der Waals surface area (Å²) in [5, 5.41) is 5.94. The Bertz CT molecular complexity index is 760. The summed E-state index contributed by atoms with van der Waals surface area (Å²) in [5.74, 6) is 0. The third kappa shape index (κ3) is 3.00. The molecule has 3 aromatic rings. The van der Waals surface area contributed by atoms with Crippen LogP contribution in [0.3, 0.4) is 0 Å². The molecule has 0 amide bonds. The second-order valence-corrected chi connectivity index (χ2v) is 6.10. The third-order valence-corrected chi connectivity index (χ3v) is 4.33. The zero-order valence-corrected chi connectivity index (χ0v) is 13.5. The van der Waals surface area contributed by atoms with E-state index in [-0.39, 0.29) is 5.38 Å². The molecule has 21 heavy (non-hydrogen) atoms. The Morgan fingerprint density at radius 1 is 1.24 bits per heavy atom. The Kier molecular flexibility index (Phi) is 4.33. The lowest BCUT2D eigenvalue weighted by molar-refractivity contribution is 0.613. The molecule has 0 aliphatic heterocycles. The standard InChI is InChI=1S/C14H12Cl2N4S/c1-21-14-18-12(16)10-7-17-20(13(10)19-14)8-11(15)9-5-3-2-4-6-9/h2-7,11H,8H2,1H3/t11-/m1/s1. The third-order valence-electron chi connectivity index (χ3n) is 3.11. The van der Waals surface area contributed by atoms with Gasteiger partial charge in [0, 0.05) is 0 Å². The van der Waals surface area contributed by atoms with Crippen LogP contribution < -0.4 is 0 Å². The summed E-state index contributed by atoms with van der Waals surface area (Å²) < 4.78 is 1.77. The van der Waals surface area contributed by atoms with Gasteiger partial charge in [0.1, 0.15) is 5.15 Å². The fourth-order valence-corrected chi connectivity index (χ4v) is 2.95. The number of aromatic nitrogens is 4. The molecular weight excluding hydrogens is 327 g/mol. The minimum atomic E-state index is -0.180. The number of halogens is 2. The van der Waals surface area contributed by atoms with Crippen molar-refractivity contribution < 1.29 is 0 Å². The molecule has 7 heteroatoms. The van der Waals surface area contributed by atoms with Crippen LogP contribution in [0.4, 0.5) is 0 Å². The van der Waals surface area contributed by atoms with Crippen LogP contribution in [0.2, 0.25) is 5.15 Å². The average Bonchev–Trinajstić information content (AvgIpc) is 2.91. The van der Waals surface area contributed by atoms with Crippen LogP contribution >= 0.6 is 35.0 Å². The maximum absolute atomic E-state index is 6.47. The normalized spacial score (nSPS) is 12.7. The van der Waals surface area contributed by atoms with E-state index in [0.717, 1.165) is 10.9 Å². The van der Waals surface area contributed by atoms with Gasteiger partial charge in [-0.05, 0) is 11.8 Å². The Labute approximate surface area is 136 Å². The van der Waals surface area contributed by atoms with Crippen LogP contribution in [0, 0.1) is 0 Å². The zero-order chi connectivity index (χ0) is 14.8. The molecule has 0 radical (unpaired) electrons. The molecule has 0 aliphatic rings. The van der Waals surface area contributed by atoms with E-state index in [0.29, 0.717) is 22.5 Å². The maximum atomic E-state index is 6.47. The topological polar surface area (TPSA) is 43.6 Å².